The highest BCUT2D eigenvalue weighted by Gasteiger charge is 2.30. The molecule has 1 heterocycles. The van der Waals surface area contributed by atoms with E-state index >= 15 is 0 Å². The molecule has 26 heavy (non-hydrogen) atoms. The summed E-state index contributed by atoms with van der Waals surface area (Å²) in [6.07, 6.45) is 6.21. The lowest BCUT2D eigenvalue weighted by Gasteiger charge is -2.23. The van der Waals surface area contributed by atoms with Gasteiger partial charge in [0.25, 0.3) is 0 Å². The summed E-state index contributed by atoms with van der Waals surface area (Å²) >= 11 is 0. The summed E-state index contributed by atoms with van der Waals surface area (Å²) in [5, 5.41) is 7.13. The van der Waals surface area contributed by atoms with Crippen molar-refractivity contribution in [3.8, 4) is 0 Å². The van der Waals surface area contributed by atoms with E-state index in [4.69, 9.17) is 4.99 Å². The van der Waals surface area contributed by atoms with E-state index in [1.165, 1.54) is 36.8 Å². The zero-order valence-electron chi connectivity index (χ0n) is 15.1. The normalized spacial score (nSPS) is 21.3. The number of nitrogens with zero attached hydrogens (tertiary/aromatic N) is 1. The lowest BCUT2D eigenvalue weighted by molar-refractivity contribution is 0.384. The molecule has 1 aliphatic heterocycles. The van der Waals surface area contributed by atoms with Gasteiger partial charge < -0.3 is 10.6 Å². The Hall–Kier alpha value is -2.00. The largest absolute Gasteiger partial charge is 0.356 e. The van der Waals surface area contributed by atoms with E-state index in [1.807, 2.05) is 0 Å². The van der Waals surface area contributed by atoms with Gasteiger partial charge >= 0.3 is 0 Å². The molecule has 138 valence electrons. The first-order valence-electron chi connectivity index (χ1n) is 9.58. The number of halogens is 1. The third kappa shape index (κ3) is 4.39. The number of benzene rings is 2. The van der Waals surface area contributed by atoms with Crippen molar-refractivity contribution in [1.82, 2.24) is 10.6 Å². The van der Waals surface area contributed by atoms with Gasteiger partial charge in [0.1, 0.15) is 0 Å². The van der Waals surface area contributed by atoms with Gasteiger partial charge in [-0.15, -0.1) is 12.4 Å². The third-order valence-corrected chi connectivity index (χ3v) is 5.48. The van der Waals surface area contributed by atoms with E-state index in [9.17, 15) is 0 Å². The molecule has 0 unspecified atom stereocenters. The molecule has 1 fully saturated rings. The van der Waals surface area contributed by atoms with Crippen molar-refractivity contribution >= 4 is 18.4 Å². The molecule has 0 spiro atoms. The predicted octanol–water partition coefficient (Wildman–Crippen LogP) is 4.49. The van der Waals surface area contributed by atoms with E-state index in [1.54, 1.807) is 0 Å². The van der Waals surface area contributed by atoms with Crippen LogP contribution in [0.1, 0.15) is 49.1 Å². The van der Waals surface area contributed by atoms with Crippen LogP contribution in [0.5, 0.6) is 0 Å². The number of aliphatic imine (C=N–C) groups is 1. The van der Waals surface area contributed by atoms with Gasteiger partial charge in [-0.05, 0) is 30.4 Å². The number of hydrogen-bond acceptors (Lipinski definition) is 3. The average Bonchev–Trinajstić information content (AvgIpc) is 3.09. The molecule has 0 amide bonds. The Morgan fingerprint density at radius 1 is 0.923 bits per heavy atom. The Morgan fingerprint density at radius 3 is 2.15 bits per heavy atom. The first-order chi connectivity index (χ1) is 12.4. The third-order valence-electron chi connectivity index (χ3n) is 5.48. The summed E-state index contributed by atoms with van der Waals surface area (Å²) in [6, 6.07) is 22.7. The van der Waals surface area contributed by atoms with E-state index in [0.717, 1.165) is 18.9 Å². The first kappa shape index (κ1) is 18.8. The summed E-state index contributed by atoms with van der Waals surface area (Å²) in [6.45, 7) is 0.930. The van der Waals surface area contributed by atoms with Crippen molar-refractivity contribution in [3.63, 3.8) is 0 Å². The Balaban J connectivity index is 0.00000196. The van der Waals surface area contributed by atoms with Crippen molar-refractivity contribution in [3.05, 3.63) is 71.8 Å². The van der Waals surface area contributed by atoms with Crippen molar-refractivity contribution in [2.24, 2.45) is 4.99 Å². The van der Waals surface area contributed by atoms with Gasteiger partial charge in [-0.2, -0.15) is 0 Å². The molecule has 0 saturated heterocycles. The summed E-state index contributed by atoms with van der Waals surface area (Å²) < 4.78 is 0. The summed E-state index contributed by atoms with van der Waals surface area (Å²) in [7, 11) is 0. The number of hydrogen-bond donors (Lipinski definition) is 2. The highest BCUT2D eigenvalue weighted by Crippen LogP contribution is 2.28. The van der Waals surface area contributed by atoms with E-state index < -0.39 is 0 Å². The molecule has 1 aliphatic carbocycles. The molecule has 0 radical (unpaired) electrons. The van der Waals surface area contributed by atoms with Gasteiger partial charge in [-0.25, -0.2) is 4.99 Å². The van der Waals surface area contributed by atoms with Gasteiger partial charge in [-0.3, -0.25) is 0 Å². The Morgan fingerprint density at radius 2 is 1.54 bits per heavy atom. The van der Waals surface area contributed by atoms with Gasteiger partial charge in [0.2, 0.25) is 0 Å². The van der Waals surface area contributed by atoms with Crippen LogP contribution in [-0.2, 0) is 0 Å². The molecule has 0 bridgehead atoms. The van der Waals surface area contributed by atoms with Crippen molar-refractivity contribution < 1.29 is 0 Å². The van der Waals surface area contributed by atoms with E-state index in [0.29, 0.717) is 18.0 Å². The van der Waals surface area contributed by atoms with Crippen molar-refractivity contribution in [1.29, 1.82) is 0 Å². The molecule has 2 aromatic carbocycles. The molecule has 2 aromatic rings. The van der Waals surface area contributed by atoms with Crippen molar-refractivity contribution in [2.45, 2.75) is 50.1 Å². The van der Waals surface area contributed by atoms with Crippen LogP contribution in [0.15, 0.2) is 65.7 Å². The first-order valence-corrected chi connectivity index (χ1v) is 9.58. The van der Waals surface area contributed by atoms with Crippen LogP contribution in [0.3, 0.4) is 0 Å². The standard InChI is InChI=1S/C22H27N3.ClH/c1-3-9-17(10-4-1)19(18-11-5-2-6-12-18)15-16-23-22-24-20-13-7-8-14-21(20)25-22;/h1-6,9-12,19-21H,7-8,13-16H2,(H2,23,24,25);1H/t20-,21-;/m0./s1. The van der Waals surface area contributed by atoms with Crippen LogP contribution < -0.4 is 10.6 Å². The zero-order chi connectivity index (χ0) is 16.9. The van der Waals surface area contributed by atoms with Crippen LogP contribution >= 0.6 is 12.4 Å². The molecular formula is C22H28ClN3. The molecule has 2 N–H and O–H groups in total. The fraction of sp³-hybridized carbons (Fsp3) is 0.409. The minimum atomic E-state index is 0. The van der Waals surface area contributed by atoms with E-state index in [-0.39, 0.29) is 12.4 Å². The van der Waals surface area contributed by atoms with Gasteiger partial charge in [0.05, 0.1) is 12.1 Å². The minimum absolute atomic E-state index is 0. The van der Waals surface area contributed by atoms with Crippen LogP contribution in [0.2, 0.25) is 0 Å². The highest BCUT2D eigenvalue weighted by atomic mass is 35.5. The predicted molar refractivity (Wildman–Crippen MR) is 111 cm³/mol. The molecule has 1 saturated carbocycles. The monoisotopic (exact) mass is 369 g/mol. The minimum Gasteiger partial charge on any atom is -0.356 e. The molecule has 4 rings (SSSR count). The number of nitrogens with one attached hydrogen (secondary N) is 2. The van der Waals surface area contributed by atoms with Gasteiger partial charge in [0, 0.05) is 12.5 Å². The topological polar surface area (TPSA) is 36.4 Å². The summed E-state index contributed by atoms with van der Waals surface area (Å²) in [5.41, 5.74) is 2.76. The second kappa shape index (κ2) is 9.09. The van der Waals surface area contributed by atoms with Crippen molar-refractivity contribution in [2.75, 3.05) is 6.54 Å². The zero-order valence-corrected chi connectivity index (χ0v) is 15.9. The average molecular weight is 370 g/mol. The lowest BCUT2D eigenvalue weighted by atomic mass is 9.88. The molecular weight excluding hydrogens is 342 g/mol. The maximum atomic E-state index is 4.85. The molecule has 2 atom stereocenters. The number of fused-ring (bicyclic) bond motifs is 1. The fourth-order valence-electron chi connectivity index (χ4n) is 4.14. The molecule has 0 aromatic heterocycles. The second-order valence-corrected chi connectivity index (χ2v) is 7.17. The van der Waals surface area contributed by atoms with Crippen LogP contribution in [0.4, 0.5) is 0 Å². The van der Waals surface area contributed by atoms with Crippen LogP contribution in [0.25, 0.3) is 0 Å². The molecule has 2 aliphatic rings. The lowest BCUT2D eigenvalue weighted by Crippen LogP contribution is -2.42. The fourth-order valence-corrected chi connectivity index (χ4v) is 4.14. The van der Waals surface area contributed by atoms with Gasteiger partial charge in [0.15, 0.2) is 5.96 Å². The number of rotatable bonds is 5. The Bertz CT molecular complexity index is 662. The SMILES string of the molecule is Cl.c1ccc(C(CCNC2=N[C@H]3CCCC[C@@H]3N2)c2ccccc2)cc1. The smallest absolute Gasteiger partial charge is 0.191 e. The summed E-state index contributed by atoms with van der Waals surface area (Å²) in [5.74, 6) is 1.43. The van der Waals surface area contributed by atoms with Crippen LogP contribution in [-0.4, -0.2) is 24.6 Å². The van der Waals surface area contributed by atoms with Gasteiger partial charge in [-0.1, -0.05) is 73.5 Å². The summed E-state index contributed by atoms with van der Waals surface area (Å²) in [4.78, 5) is 4.85. The van der Waals surface area contributed by atoms with E-state index in [2.05, 4.69) is 71.3 Å². The Labute approximate surface area is 162 Å². The number of guanidine groups is 1. The maximum absolute atomic E-state index is 4.85. The highest BCUT2D eigenvalue weighted by molar-refractivity contribution is 5.85. The molecule has 4 heteroatoms. The maximum Gasteiger partial charge on any atom is 0.191 e. The van der Waals surface area contributed by atoms with Crippen LogP contribution in [0, 0.1) is 0 Å². The second-order valence-electron chi connectivity index (χ2n) is 7.17. The molecule has 3 nitrogen and oxygen atoms in total. The Kier molecular flexibility index (Phi) is 6.56. The quantitative estimate of drug-likeness (QED) is 0.814.